The van der Waals surface area contributed by atoms with E-state index in [9.17, 15) is 4.79 Å². The summed E-state index contributed by atoms with van der Waals surface area (Å²) in [4.78, 5) is 14.8. The summed E-state index contributed by atoms with van der Waals surface area (Å²) >= 11 is 0. The number of nitrogens with one attached hydrogen (secondary N) is 2. The summed E-state index contributed by atoms with van der Waals surface area (Å²) in [5.41, 5.74) is 1.12. The zero-order valence-corrected chi connectivity index (χ0v) is 17.5. The van der Waals surface area contributed by atoms with Gasteiger partial charge in [0, 0.05) is 37.6 Å². The van der Waals surface area contributed by atoms with Crippen molar-refractivity contribution in [3.8, 4) is 5.75 Å². The second-order valence-electron chi connectivity index (χ2n) is 7.85. The lowest BCUT2D eigenvalue weighted by molar-refractivity contribution is -0.122. The molecule has 0 radical (unpaired) electrons. The molecule has 0 saturated carbocycles. The number of ether oxygens (including phenoxy) is 1. The molecule has 3 unspecified atom stereocenters. The van der Waals surface area contributed by atoms with Crippen LogP contribution in [0.3, 0.4) is 0 Å². The molecular formula is C20H31Cl2N3O2. The van der Waals surface area contributed by atoms with Gasteiger partial charge in [0.15, 0.2) is 0 Å². The number of nitrogens with zero attached hydrogens (tertiary/aromatic N) is 1. The molecule has 3 heterocycles. The first-order valence-corrected chi connectivity index (χ1v) is 9.64. The Kier molecular flexibility index (Phi) is 8.07. The minimum Gasteiger partial charge on any atom is -0.495 e. The number of hydrogen-bond donors (Lipinski definition) is 2. The Morgan fingerprint density at radius 1 is 1.19 bits per heavy atom. The molecule has 1 aromatic rings. The zero-order chi connectivity index (χ0) is 17.2. The van der Waals surface area contributed by atoms with E-state index in [2.05, 4.69) is 21.6 Å². The van der Waals surface area contributed by atoms with Crippen molar-refractivity contribution in [2.75, 3.05) is 25.1 Å². The summed E-state index contributed by atoms with van der Waals surface area (Å²) in [6.45, 7) is 1.83. The molecule has 3 saturated heterocycles. The number of carbonyl (C=O) groups is 1. The van der Waals surface area contributed by atoms with E-state index in [0.29, 0.717) is 24.4 Å². The van der Waals surface area contributed by atoms with Crippen LogP contribution in [0.15, 0.2) is 24.3 Å². The minimum absolute atomic E-state index is 0. The van der Waals surface area contributed by atoms with E-state index in [0.717, 1.165) is 30.9 Å². The van der Waals surface area contributed by atoms with Crippen molar-refractivity contribution in [1.82, 2.24) is 10.6 Å². The SMILES string of the molecule is COc1ccccc1N1CCC(NC(=O)CC2CC3CCC(C2)N3)C1.Cl.Cl. The molecule has 3 atom stereocenters. The molecule has 3 aliphatic heterocycles. The standard InChI is InChI=1S/C20H29N3O2.2ClH/c1-25-19-5-3-2-4-18(19)23-9-8-17(13-23)22-20(24)12-14-10-15-6-7-16(11-14)21-15;;/h2-5,14-17,21H,6-13H2,1H3,(H,22,24);2*1H. The van der Waals surface area contributed by atoms with Crippen LogP contribution in [0.2, 0.25) is 0 Å². The van der Waals surface area contributed by atoms with E-state index in [1.807, 2.05) is 18.2 Å². The highest BCUT2D eigenvalue weighted by Gasteiger charge is 2.34. The van der Waals surface area contributed by atoms with Crippen LogP contribution in [0, 0.1) is 5.92 Å². The van der Waals surface area contributed by atoms with Gasteiger partial charge in [-0.15, -0.1) is 24.8 Å². The van der Waals surface area contributed by atoms with Gasteiger partial charge in [-0.3, -0.25) is 4.79 Å². The highest BCUT2D eigenvalue weighted by molar-refractivity contribution is 5.85. The maximum Gasteiger partial charge on any atom is 0.220 e. The zero-order valence-electron chi connectivity index (χ0n) is 15.9. The Morgan fingerprint density at radius 3 is 2.59 bits per heavy atom. The molecule has 27 heavy (non-hydrogen) atoms. The number of hydrogen-bond acceptors (Lipinski definition) is 4. The van der Waals surface area contributed by atoms with Crippen LogP contribution >= 0.6 is 24.8 Å². The Hall–Kier alpha value is -1.17. The Labute approximate surface area is 174 Å². The normalized spacial score (nSPS) is 28.9. The van der Waals surface area contributed by atoms with E-state index in [4.69, 9.17) is 4.74 Å². The van der Waals surface area contributed by atoms with Crippen LogP contribution in [-0.2, 0) is 4.79 Å². The van der Waals surface area contributed by atoms with E-state index < -0.39 is 0 Å². The van der Waals surface area contributed by atoms with Gasteiger partial charge < -0.3 is 20.3 Å². The fraction of sp³-hybridized carbons (Fsp3) is 0.650. The number of carbonyl (C=O) groups excluding carboxylic acids is 1. The highest BCUT2D eigenvalue weighted by Crippen LogP contribution is 2.33. The van der Waals surface area contributed by atoms with E-state index >= 15 is 0 Å². The number of para-hydroxylation sites is 2. The maximum absolute atomic E-state index is 12.5. The first-order chi connectivity index (χ1) is 12.2. The molecule has 3 aliphatic rings. The lowest BCUT2D eigenvalue weighted by Crippen LogP contribution is -2.42. The monoisotopic (exact) mass is 415 g/mol. The number of halogens is 2. The maximum atomic E-state index is 12.5. The summed E-state index contributed by atoms with van der Waals surface area (Å²) < 4.78 is 5.47. The quantitative estimate of drug-likeness (QED) is 0.775. The van der Waals surface area contributed by atoms with E-state index in [1.165, 1.54) is 25.7 Å². The minimum atomic E-state index is 0. The Balaban J connectivity index is 0.00000131. The van der Waals surface area contributed by atoms with Crippen LogP contribution < -0.4 is 20.3 Å². The van der Waals surface area contributed by atoms with Gasteiger partial charge in [0.05, 0.1) is 12.8 Å². The molecule has 5 nitrogen and oxygen atoms in total. The third kappa shape index (κ3) is 5.21. The Morgan fingerprint density at radius 2 is 1.89 bits per heavy atom. The van der Waals surface area contributed by atoms with Gasteiger partial charge in [-0.25, -0.2) is 0 Å². The molecule has 2 N–H and O–H groups in total. The van der Waals surface area contributed by atoms with Crippen LogP contribution in [0.5, 0.6) is 5.75 Å². The first-order valence-electron chi connectivity index (χ1n) is 9.64. The number of fused-ring (bicyclic) bond motifs is 2. The number of rotatable bonds is 5. The second kappa shape index (κ2) is 9.85. The molecule has 7 heteroatoms. The average Bonchev–Trinajstić information content (AvgIpc) is 3.21. The second-order valence-corrected chi connectivity index (χ2v) is 7.85. The third-order valence-corrected chi connectivity index (χ3v) is 6.02. The number of amides is 1. The average molecular weight is 416 g/mol. The highest BCUT2D eigenvalue weighted by atomic mass is 35.5. The van der Waals surface area contributed by atoms with Crippen LogP contribution in [0.4, 0.5) is 5.69 Å². The predicted molar refractivity (Wildman–Crippen MR) is 114 cm³/mol. The fourth-order valence-corrected chi connectivity index (χ4v) is 4.88. The molecular weight excluding hydrogens is 385 g/mol. The molecule has 152 valence electrons. The predicted octanol–water partition coefficient (Wildman–Crippen LogP) is 3.15. The number of benzene rings is 1. The lowest BCUT2D eigenvalue weighted by atomic mass is 9.89. The molecule has 0 aromatic heterocycles. The van der Waals surface area contributed by atoms with Crippen LogP contribution in [-0.4, -0.2) is 44.2 Å². The van der Waals surface area contributed by atoms with Crippen LogP contribution in [0.1, 0.15) is 38.5 Å². The first kappa shape index (κ1) is 22.1. The van der Waals surface area contributed by atoms with Crippen molar-refractivity contribution in [2.24, 2.45) is 5.92 Å². The summed E-state index contributed by atoms with van der Waals surface area (Å²) in [6, 6.07) is 9.67. The van der Waals surface area contributed by atoms with Crippen molar-refractivity contribution in [1.29, 1.82) is 0 Å². The molecule has 2 bridgehead atoms. The Bertz CT molecular complexity index is 619. The molecule has 4 rings (SSSR count). The molecule has 1 aromatic carbocycles. The number of anilines is 1. The number of methoxy groups -OCH3 is 1. The smallest absolute Gasteiger partial charge is 0.220 e. The molecule has 0 aliphatic carbocycles. The third-order valence-electron chi connectivity index (χ3n) is 6.02. The summed E-state index contributed by atoms with van der Waals surface area (Å²) in [7, 11) is 1.71. The molecule has 1 amide bonds. The van der Waals surface area contributed by atoms with Crippen molar-refractivity contribution >= 4 is 36.4 Å². The van der Waals surface area contributed by atoms with Crippen molar-refractivity contribution in [3.05, 3.63) is 24.3 Å². The van der Waals surface area contributed by atoms with Gasteiger partial charge in [-0.05, 0) is 50.2 Å². The summed E-state index contributed by atoms with van der Waals surface area (Å²) in [5, 5.41) is 6.92. The van der Waals surface area contributed by atoms with Crippen molar-refractivity contribution in [3.63, 3.8) is 0 Å². The van der Waals surface area contributed by atoms with Crippen molar-refractivity contribution < 1.29 is 9.53 Å². The van der Waals surface area contributed by atoms with Crippen molar-refractivity contribution in [2.45, 2.75) is 56.7 Å². The van der Waals surface area contributed by atoms with Gasteiger partial charge in [-0.2, -0.15) is 0 Å². The van der Waals surface area contributed by atoms with Gasteiger partial charge in [0.25, 0.3) is 0 Å². The summed E-state index contributed by atoms with van der Waals surface area (Å²) in [5.74, 6) is 1.70. The summed E-state index contributed by atoms with van der Waals surface area (Å²) in [6.07, 6.45) is 6.61. The van der Waals surface area contributed by atoms with E-state index in [1.54, 1.807) is 7.11 Å². The van der Waals surface area contributed by atoms with Gasteiger partial charge in [0.2, 0.25) is 5.91 Å². The fourth-order valence-electron chi connectivity index (χ4n) is 4.88. The van der Waals surface area contributed by atoms with Gasteiger partial charge in [0.1, 0.15) is 5.75 Å². The van der Waals surface area contributed by atoms with E-state index in [-0.39, 0.29) is 36.8 Å². The molecule has 0 spiro atoms. The topological polar surface area (TPSA) is 53.6 Å². The van der Waals surface area contributed by atoms with Gasteiger partial charge >= 0.3 is 0 Å². The lowest BCUT2D eigenvalue weighted by Gasteiger charge is -2.29. The molecule has 3 fully saturated rings. The largest absolute Gasteiger partial charge is 0.495 e. The van der Waals surface area contributed by atoms with Crippen LogP contribution in [0.25, 0.3) is 0 Å². The number of piperidine rings is 1. The van der Waals surface area contributed by atoms with Gasteiger partial charge in [-0.1, -0.05) is 12.1 Å².